The van der Waals surface area contributed by atoms with E-state index in [1.165, 1.54) is 30.4 Å². The highest BCUT2D eigenvalue weighted by Gasteiger charge is 2.11. The van der Waals surface area contributed by atoms with E-state index in [0.29, 0.717) is 5.92 Å². The molecule has 2 aromatic rings. The Morgan fingerprint density at radius 3 is 1.37 bits per heavy atom. The molecule has 0 atom stereocenters. The minimum Gasteiger partial charge on any atom is -0.0656 e. The Balaban J connectivity index is 0.000000550. The van der Waals surface area contributed by atoms with Crippen molar-refractivity contribution in [2.45, 2.75) is 46.0 Å². The first-order chi connectivity index (χ1) is 9.33. The zero-order valence-electron chi connectivity index (χ0n) is 12.5. The van der Waals surface area contributed by atoms with Gasteiger partial charge in [0.05, 0.1) is 0 Å². The summed E-state index contributed by atoms with van der Waals surface area (Å²) in [5, 5.41) is 0. The second-order valence-corrected chi connectivity index (χ2v) is 4.87. The molecule has 0 N–H and O–H groups in total. The largest absolute Gasteiger partial charge is 0.0656 e. The first-order valence-electron chi connectivity index (χ1n) is 7.43. The lowest BCUT2D eigenvalue weighted by Gasteiger charge is -2.17. The molecule has 19 heavy (non-hydrogen) atoms. The summed E-state index contributed by atoms with van der Waals surface area (Å²) in [5.41, 5.74) is 2.85. The molecule has 0 saturated heterocycles. The summed E-state index contributed by atoms with van der Waals surface area (Å²) in [4.78, 5) is 0. The SMILES string of the molecule is CCC.CCCC(c1ccccc1)c1ccccc1. The van der Waals surface area contributed by atoms with Crippen molar-refractivity contribution < 1.29 is 0 Å². The van der Waals surface area contributed by atoms with Gasteiger partial charge in [-0.3, -0.25) is 0 Å². The van der Waals surface area contributed by atoms with Gasteiger partial charge in [-0.2, -0.15) is 0 Å². The summed E-state index contributed by atoms with van der Waals surface area (Å²) in [6.07, 6.45) is 3.68. The molecule has 0 heterocycles. The number of hydrogen-bond acceptors (Lipinski definition) is 0. The lowest BCUT2D eigenvalue weighted by molar-refractivity contribution is 0.698. The highest BCUT2D eigenvalue weighted by atomic mass is 14.2. The van der Waals surface area contributed by atoms with Gasteiger partial charge in [-0.25, -0.2) is 0 Å². The van der Waals surface area contributed by atoms with E-state index in [1.54, 1.807) is 0 Å². The summed E-state index contributed by atoms with van der Waals surface area (Å²) in [6, 6.07) is 21.6. The minimum atomic E-state index is 0.549. The molecule has 0 heteroatoms. The van der Waals surface area contributed by atoms with E-state index in [1.807, 2.05) is 0 Å². The maximum Gasteiger partial charge on any atom is 0.00892 e. The van der Waals surface area contributed by atoms with Gasteiger partial charge >= 0.3 is 0 Å². The summed E-state index contributed by atoms with van der Waals surface area (Å²) >= 11 is 0. The quantitative estimate of drug-likeness (QED) is 0.624. The van der Waals surface area contributed by atoms with Crippen LogP contribution >= 0.6 is 0 Å². The molecule has 0 nitrogen and oxygen atoms in total. The Labute approximate surface area is 118 Å². The predicted octanol–water partition coefficient (Wildman–Crippen LogP) is 6.03. The monoisotopic (exact) mass is 254 g/mol. The third kappa shape index (κ3) is 5.30. The average Bonchev–Trinajstić information content (AvgIpc) is 2.47. The van der Waals surface area contributed by atoms with Gasteiger partial charge in [-0.15, -0.1) is 0 Å². The second kappa shape index (κ2) is 9.38. The van der Waals surface area contributed by atoms with Gasteiger partial charge in [-0.05, 0) is 17.5 Å². The molecular formula is C19H26. The van der Waals surface area contributed by atoms with Crippen molar-refractivity contribution >= 4 is 0 Å². The Morgan fingerprint density at radius 1 is 0.684 bits per heavy atom. The summed E-state index contributed by atoms with van der Waals surface area (Å²) in [7, 11) is 0. The van der Waals surface area contributed by atoms with Gasteiger partial charge < -0.3 is 0 Å². The van der Waals surface area contributed by atoms with Crippen molar-refractivity contribution in [3.63, 3.8) is 0 Å². The Kier molecular flexibility index (Phi) is 7.65. The van der Waals surface area contributed by atoms with Gasteiger partial charge in [0, 0.05) is 5.92 Å². The molecule has 0 unspecified atom stereocenters. The van der Waals surface area contributed by atoms with E-state index >= 15 is 0 Å². The first-order valence-corrected chi connectivity index (χ1v) is 7.43. The van der Waals surface area contributed by atoms with Crippen molar-refractivity contribution in [1.29, 1.82) is 0 Å². The standard InChI is InChI=1S/C16H18.C3H8/c1-2-9-16(14-10-5-3-6-11-14)15-12-7-4-8-13-15;1-3-2/h3-8,10-13,16H,2,9H2,1H3;3H2,1-2H3. The van der Waals surface area contributed by atoms with Crippen LogP contribution in [-0.4, -0.2) is 0 Å². The molecule has 0 saturated carbocycles. The van der Waals surface area contributed by atoms with E-state index in [-0.39, 0.29) is 0 Å². The molecule has 0 aromatic heterocycles. The van der Waals surface area contributed by atoms with E-state index in [2.05, 4.69) is 81.4 Å². The number of benzene rings is 2. The molecule has 0 bridgehead atoms. The molecule has 2 aromatic carbocycles. The smallest absolute Gasteiger partial charge is 0.00892 e. The van der Waals surface area contributed by atoms with Crippen molar-refractivity contribution in [2.75, 3.05) is 0 Å². The number of hydrogen-bond donors (Lipinski definition) is 0. The molecule has 0 aliphatic carbocycles. The average molecular weight is 254 g/mol. The van der Waals surface area contributed by atoms with E-state index in [9.17, 15) is 0 Å². The number of rotatable bonds is 4. The maximum atomic E-state index is 2.25. The van der Waals surface area contributed by atoms with Crippen molar-refractivity contribution in [1.82, 2.24) is 0 Å². The van der Waals surface area contributed by atoms with Gasteiger partial charge in [-0.1, -0.05) is 94.3 Å². The van der Waals surface area contributed by atoms with E-state index < -0.39 is 0 Å². The highest BCUT2D eigenvalue weighted by Crippen LogP contribution is 2.28. The first kappa shape index (κ1) is 15.5. The van der Waals surface area contributed by atoms with Crippen LogP contribution in [0.1, 0.15) is 57.1 Å². The molecule has 2 rings (SSSR count). The fraction of sp³-hybridized carbons (Fsp3) is 0.368. The molecule has 0 fully saturated rings. The fourth-order valence-electron chi connectivity index (χ4n) is 2.19. The van der Waals surface area contributed by atoms with Crippen LogP contribution in [0, 0.1) is 0 Å². The van der Waals surface area contributed by atoms with Crippen LogP contribution in [0.25, 0.3) is 0 Å². The lowest BCUT2D eigenvalue weighted by atomic mass is 9.88. The fourth-order valence-corrected chi connectivity index (χ4v) is 2.19. The zero-order valence-corrected chi connectivity index (χ0v) is 12.5. The third-order valence-corrected chi connectivity index (χ3v) is 2.98. The van der Waals surface area contributed by atoms with Gasteiger partial charge in [0.2, 0.25) is 0 Å². The van der Waals surface area contributed by atoms with E-state index in [0.717, 1.165) is 0 Å². The molecule has 102 valence electrons. The predicted molar refractivity (Wildman–Crippen MR) is 85.6 cm³/mol. The highest BCUT2D eigenvalue weighted by molar-refractivity contribution is 5.32. The molecule has 0 spiro atoms. The van der Waals surface area contributed by atoms with Crippen molar-refractivity contribution in [3.8, 4) is 0 Å². The molecule has 0 radical (unpaired) electrons. The van der Waals surface area contributed by atoms with Crippen LogP contribution in [0.2, 0.25) is 0 Å². The maximum absolute atomic E-state index is 2.25. The van der Waals surface area contributed by atoms with E-state index in [4.69, 9.17) is 0 Å². The van der Waals surface area contributed by atoms with Crippen LogP contribution in [-0.2, 0) is 0 Å². The summed E-state index contributed by atoms with van der Waals surface area (Å²) in [5.74, 6) is 0.549. The Bertz CT molecular complexity index is 377. The zero-order chi connectivity index (χ0) is 13.9. The van der Waals surface area contributed by atoms with Crippen LogP contribution in [0.15, 0.2) is 60.7 Å². The minimum absolute atomic E-state index is 0.549. The second-order valence-electron chi connectivity index (χ2n) is 4.87. The molecule has 0 aliphatic heterocycles. The van der Waals surface area contributed by atoms with Crippen LogP contribution in [0.5, 0.6) is 0 Å². The lowest BCUT2D eigenvalue weighted by Crippen LogP contribution is -2.00. The van der Waals surface area contributed by atoms with Crippen LogP contribution < -0.4 is 0 Å². The Hall–Kier alpha value is -1.56. The van der Waals surface area contributed by atoms with Crippen molar-refractivity contribution in [2.24, 2.45) is 0 Å². The Morgan fingerprint density at radius 2 is 1.05 bits per heavy atom. The molecule has 0 aliphatic rings. The molecule has 0 amide bonds. The van der Waals surface area contributed by atoms with Gasteiger partial charge in [0.25, 0.3) is 0 Å². The summed E-state index contributed by atoms with van der Waals surface area (Å²) < 4.78 is 0. The normalized spacial score (nSPS) is 9.89. The van der Waals surface area contributed by atoms with Crippen LogP contribution in [0.3, 0.4) is 0 Å². The van der Waals surface area contributed by atoms with Crippen molar-refractivity contribution in [3.05, 3.63) is 71.8 Å². The molecular weight excluding hydrogens is 228 g/mol. The van der Waals surface area contributed by atoms with Gasteiger partial charge in [0.1, 0.15) is 0 Å². The van der Waals surface area contributed by atoms with Gasteiger partial charge in [0.15, 0.2) is 0 Å². The summed E-state index contributed by atoms with van der Waals surface area (Å²) in [6.45, 7) is 6.50. The topological polar surface area (TPSA) is 0 Å². The van der Waals surface area contributed by atoms with Crippen LogP contribution in [0.4, 0.5) is 0 Å². The third-order valence-electron chi connectivity index (χ3n) is 2.98.